The van der Waals surface area contributed by atoms with Gasteiger partial charge in [0.15, 0.2) is 0 Å². The Morgan fingerprint density at radius 1 is 0.846 bits per heavy atom. The lowest BCUT2D eigenvalue weighted by Gasteiger charge is -2.45. The maximum absolute atomic E-state index is 15.0. The number of para-hydroxylation sites is 2. The molecular weight excluding hydrogens is 484 g/mol. The molecule has 3 aliphatic rings. The zero-order chi connectivity index (χ0) is 26.8. The zero-order valence-electron chi connectivity index (χ0n) is 22.8. The van der Waals surface area contributed by atoms with E-state index < -0.39 is 5.54 Å². The number of amides is 2. The van der Waals surface area contributed by atoms with Crippen LogP contribution in [0.4, 0.5) is 21.9 Å². The molecule has 6 rings (SSSR count). The van der Waals surface area contributed by atoms with Gasteiger partial charge < -0.3 is 10.5 Å². The Kier molecular flexibility index (Phi) is 7.03. The fourth-order valence-corrected chi connectivity index (χ4v) is 6.88. The van der Waals surface area contributed by atoms with Crippen molar-refractivity contribution < 1.29 is 9.53 Å². The molecule has 0 aromatic heterocycles. The summed E-state index contributed by atoms with van der Waals surface area (Å²) < 4.78 is 5.90. The van der Waals surface area contributed by atoms with Gasteiger partial charge >= 0.3 is 6.03 Å². The third-order valence-electron chi connectivity index (χ3n) is 8.84. The molecule has 0 saturated heterocycles. The Bertz CT molecular complexity index is 1350. The number of urea groups is 1. The summed E-state index contributed by atoms with van der Waals surface area (Å²) in [5, 5.41) is 7.29. The molecule has 0 atom stereocenters. The molecule has 2 N–H and O–H groups in total. The van der Waals surface area contributed by atoms with Gasteiger partial charge in [-0.3, -0.25) is 4.90 Å². The highest BCUT2D eigenvalue weighted by Gasteiger charge is 2.48. The smallest absolute Gasteiger partial charge is 0.350 e. The zero-order valence-corrected chi connectivity index (χ0v) is 22.8. The van der Waals surface area contributed by atoms with Gasteiger partial charge in [-0.2, -0.15) is 5.10 Å². The van der Waals surface area contributed by atoms with Crippen molar-refractivity contribution >= 4 is 28.8 Å². The van der Waals surface area contributed by atoms with Crippen LogP contribution in [0.25, 0.3) is 0 Å². The SMILES string of the molecule is COc1ccccc1C1(N2N=C(C3CCCCC3)c3ccccc3N(c3ccc(N)cc3)C2=O)CCCCC1. The Hall–Kier alpha value is -3.80. The molecule has 3 aromatic carbocycles. The van der Waals surface area contributed by atoms with Crippen LogP contribution in [0.15, 0.2) is 77.9 Å². The van der Waals surface area contributed by atoms with Gasteiger partial charge in [-0.1, -0.05) is 74.9 Å². The standard InChI is InChI=1S/C33H38N4O2/c1-39-30-17-9-7-15-28(30)33(22-10-3-11-23-33)37-32(38)36(26-20-18-25(34)19-21-26)29-16-8-6-14-27(29)31(35-37)24-12-4-2-5-13-24/h6-9,14-21,24H,2-5,10-13,22-23,34H2,1H3. The van der Waals surface area contributed by atoms with E-state index in [0.717, 1.165) is 78.9 Å². The summed E-state index contributed by atoms with van der Waals surface area (Å²) in [5.74, 6) is 1.13. The van der Waals surface area contributed by atoms with Crippen molar-refractivity contribution in [2.75, 3.05) is 17.7 Å². The predicted molar refractivity (Wildman–Crippen MR) is 158 cm³/mol. The van der Waals surface area contributed by atoms with Crippen LogP contribution in [0.3, 0.4) is 0 Å². The minimum atomic E-state index is -0.601. The van der Waals surface area contributed by atoms with Gasteiger partial charge in [0.25, 0.3) is 0 Å². The highest BCUT2D eigenvalue weighted by molar-refractivity contribution is 6.14. The number of methoxy groups -OCH3 is 1. The number of carbonyl (C=O) groups excluding carboxylic acids is 1. The van der Waals surface area contributed by atoms with Crippen molar-refractivity contribution in [2.24, 2.45) is 11.0 Å². The van der Waals surface area contributed by atoms with E-state index in [4.69, 9.17) is 15.6 Å². The number of nitrogens with zero attached hydrogens (tertiary/aromatic N) is 3. The number of anilines is 3. The van der Waals surface area contributed by atoms with Crippen LogP contribution in [-0.2, 0) is 5.54 Å². The van der Waals surface area contributed by atoms with Gasteiger partial charge in [0, 0.05) is 22.7 Å². The van der Waals surface area contributed by atoms with Gasteiger partial charge in [-0.05, 0) is 62.1 Å². The van der Waals surface area contributed by atoms with Crippen LogP contribution < -0.4 is 15.4 Å². The van der Waals surface area contributed by atoms with Crippen LogP contribution in [0.1, 0.15) is 75.3 Å². The van der Waals surface area contributed by atoms with E-state index >= 15 is 0 Å². The monoisotopic (exact) mass is 522 g/mol. The summed E-state index contributed by atoms with van der Waals surface area (Å²) in [6, 6.07) is 23.9. The fourth-order valence-electron chi connectivity index (χ4n) is 6.88. The lowest BCUT2D eigenvalue weighted by Crippen LogP contribution is -2.51. The number of hydrazone groups is 1. The fraction of sp³-hybridized carbons (Fsp3) is 0.394. The van der Waals surface area contributed by atoms with Gasteiger partial charge in [0.05, 0.1) is 29.7 Å². The molecule has 2 aliphatic carbocycles. The largest absolute Gasteiger partial charge is 0.496 e. The minimum Gasteiger partial charge on any atom is -0.496 e. The summed E-state index contributed by atoms with van der Waals surface area (Å²) in [7, 11) is 1.72. The third-order valence-corrected chi connectivity index (χ3v) is 8.84. The van der Waals surface area contributed by atoms with E-state index in [0.29, 0.717) is 11.6 Å². The molecule has 2 saturated carbocycles. The van der Waals surface area contributed by atoms with E-state index in [1.165, 1.54) is 19.3 Å². The third kappa shape index (κ3) is 4.56. The van der Waals surface area contributed by atoms with E-state index in [-0.39, 0.29) is 6.03 Å². The molecule has 2 amide bonds. The number of carbonyl (C=O) groups is 1. The van der Waals surface area contributed by atoms with Crippen molar-refractivity contribution in [3.05, 3.63) is 83.9 Å². The Morgan fingerprint density at radius 2 is 1.51 bits per heavy atom. The number of hydrogen-bond donors (Lipinski definition) is 1. The number of rotatable bonds is 5. The Labute approximate surface area is 231 Å². The van der Waals surface area contributed by atoms with E-state index in [9.17, 15) is 4.79 Å². The van der Waals surface area contributed by atoms with E-state index in [1.807, 2.05) is 52.4 Å². The second-order valence-electron chi connectivity index (χ2n) is 11.2. The second-order valence-corrected chi connectivity index (χ2v) is 11.2. The van der Waals surface area contributed by atoms with Crippen LogP contribution in [0, 0.1) is 5.92 Å². The van der Waals surface area contributed by atoms with Crippen molar-refractivity contribution in [1.29, 1.82) is 0 Å². The first-order valence-corrected chi connectivity index (χ1v) is 14.4. The van der Waals surface area contributed by atoms with Crippen molar-refractivity contribution in [2.45, 2.75) is 69.7 Å². The summed E-state index contributed by atoms with van der Waals surface area (Å²) in [4.78, 5) is 16.8. The first-order valence-electron chi connectivity index (χ1n) is 14.4. The van der Waals surface area contributed by atoms with Crippen molar-refractivity contribution in [1.82, 2.24) is 5.01 Å². The van der Waals surface area contributed by atoms with Crippen LogP contribution in [-0.4, -0.2) is 23.9 Å². The Morgan fingerprint density at radius 3 is 2.26 bits per heavy atom. The molecule has 1 heterocycles. The molecule has 1 aliphatic heterocycles. The molecule has 202 valence electrons. The van der Waals surface area contributed by atoms with Crippen LogP contribution in [0.2, 0.25) is 0 Å². The number of nitrogen functional groups attached to an aromatic ring is 1. The van der Waals surface area contributed by atoms with Gasteiger partial charge in [0.2, 0.25) is 0 Å². The Balaban J connectivity index is 1.60. The number of hydrogen-bond acceptors (Lipinski definition) is 4. The maximum atomic E-state index is 15.0. The molecule has 0 spiro atoms. The van der Waals surface area contributed by atoms with Crippen molar-refractivity contribution in [3.8, 4) is 5.75 Å². The van der Waals surface area contributed by atoms with E-state index in [1.54, 1.807) is 7.11 Å². The van der Waals surface area contributed by atoms with E-state index in [2.05, 4.69) is 30.3 Å². The lowest BCUT2D eigenvalue weighted by molar-refractivity contribution is 0.0803. The summed E-state index contributed by atoms with van der Waals surface area (Å²) in [6.07, 6.45) is 10.7. The molecule has 2 fully saturated rings. The lowest BCUT2D eigenvalue weighted by atomic mass is 9.75. The molecule has 3 aromatic rings. The summed E-state index contributed by atoms with van der Waals surface area (Å²) >= 11 is 0. The number of fused-ring (bicyclic) bond motifs is 1. The first-order chi connectivity index (χ1) is 19.1. The molecule has 6 nitrogen and oxygen atoms in total. The van der Waals surface area contributed by atoms with Gasteiger partial charge in [-0.25, -0.2) is 9.80 Å². The summed E-state index contributed by atoms with van der Waals surface area (Å²) in [5.41, 5.74) is 10.9. The molecule has 39 heavy (non-hydrogen) atoms. The normalized spacial score (nSPS) is 19.7. The topological polar surface area (TPSA) is 71.2 Å². The minimum absolute atomic E-state index is 0.133. The molecule has 6 heteroatoms. The molecular formula is C33H38N4O2. The number of benzene rings is 3. The molecule has 0 unspecified atom stereocenters. The predicted octanol–water partition coefficient (Wildman–Crippen LogP) is 8.00. The highest BCUT2D eigenvalue weighted by atomic mass is 16.5. The average Bonchev–Trinajstić information content (AvgIpc) is 3.13. The summed E-state index contributed by atoms with van der Waals surface area (Å²) in [6.45, 7) is 0. The molecule has 0 radical (unpaired) electrons. The first kappa shape index (κ1) is 25.5. The quantitative estimate of drug-likeness (QED) is 0.345. The second kappa shape index (κ2) is 10.8. The number of nitrogens with two attached hydrogens (primary N) is 1. The highest BCUT2D eigenvalue weighted by Crippen LogP contribution is 2.49. The maximum Gasteiger partial charge on any atom is 0.350 e. The van der Waals surface area contributed by atoms with Gasteiger partial charge in [-0.15, -0.1) is 0 Å². The average molecular weight is 523 g/mol. The van der Waals surface area contributed by atoms with Gasteiger partial charge in [0.1, 0.15) is 5.75 Å². The van der Waals surface area contributed by atoms with Crippen LogP contribution in [0.5, 0.6) is 5.75 Å². The number of ether oxygens (including phenoxy) is 1. The van der Waals surface area contributed by atoms with Crippen LogP contribution >= 0.6 is 0 Å². The molecule has 0 bridgehead atoms. The van der Waals surface area contributed by atoms with Crippen molar-refractivity contribution in [3.63, 3.8) is 0 Å².